The van der Waals surface area contributed by atoms with E-state index in [0.29, 0.717) is 24.1 Å². The number of aromatic amines is 1. The maximum Gasteiger partial charge on any atom is 0.251 e. The number of hydrogen-bond acceptors (Lipinski definition) is 3. The van der Waals surface area contributed by atoms with Crippen LogP contribution in [0.4, 0.5) is 0 Å². The highest BCUT2D eigenvalue weighted by Gasteiger charge is 2.18. The van der Waals surface area contributed by atoms with Gasteiger partial charge in [0.2, 0.25) is 0 Å². The Hall–Kier alpha value is -2.95. The number of carbonyl (C=O) groups excluding carboxylic acids is 1. The van der Waals surface area contributed by atoms with Crippen molar-refractivity contribution in [2.24, 2.45) is 0 Å². The summed E-state index contributed by atoms with van der Waals surface area (Å²) in [5.74, 6) is -0.0477. The standard InChI is InChI=1S/C17H13N3O2/c21-16-12(7-13-8-18-4-3-15(13)20-16)5-10-1-2-11-9-19-17(22)14(11)6-10/h1-4,6-8H,5,9H2,(H,19,22)(H,20,21). The van der Waals surface area contributed by atoms with Crippen molar-refractivity contribution in [3.8, 4) is 0 Å². The predicted octanol–water partition coefficient (Wildman–Crippen LogP) is 1.76. The number of rotatable bonds is 2. The van der Waals surface area contributed by atoms with Crippen LogP contribution in [0.5, 0.6) is 0 Å². The van der Waals surface area contributed by atoms with Crippen LogP contribution >= 0.6 is 0 Å². The number of fused-ring (bicyclic) bond motifs is 2. The number of benzene rings is 1. The number of nitrogens with zero attached hydrogens (tertiary/aromatic N) is 1. The van der Waals surface area contributed by atoms with Crippen molar-refractivity contribution in [2.75, 3.05) is 0 Å². The van der Waals surface area contributed by atoms with E-state index in [1.54, 1.807) is 18.5 Å². The summed E-state index contributed by atoms with van der Waals surface area (Å²) < 4.78 is 0. The molecule has 0 aliphatic carbocycles. The first-order chi connectivity index (χ1) is 10.7. The topological polar surface area (TPSA) is 74.8 Å². The molecule has 2 aromatic heterocycles. The van der Waals surface area contributed by atoms with E-state index in [1.165, 1.54) is 0 Å². The van der Waals surface area contributed by atoms with Gasteiger partial charge in [-0.2, -0.15) is 0 Å². The molecule has 1 aliphatic rings. The number of nitrogens with one attached hydrogen (secondary N) is 2. The maximum absolute atomic E-state index is 12.2. The highest BCUT2D eigenvalue weighted by Crippen LogP contribution is 2.19. The van der Waals surface area contributed by atoms with E-state index in [9.17, 15) is 9.59 Å². The quantitative estimate of drug-likeness (QED) is 0.755. The van der Waals surface area contributed by atoms with E-state index in [-0.39, 0.29) is 11.5 Å². The lowest BCUT2D eigenvalue weighted by atomic mass is 10.0. The van der Waals surface area contributed by atoms with Crippen LogP contribution < -0.4 is 10.9 Å². The van der Waals surface area contributed by atoms with Gasteiger partial charge in [-0.3, -0.25) is 14.6 Å². The van der Waals surface area contributed by atoms with Crippen molar-refractivity contribution in [2.45, 2.75) is 13.0 Å². The van der Waals surface area contributed by atoms with Gasteiger partial charge in [-0.25, -0.2) is 0 Å². The Bertz CT molecular complexity index is 960. The first-order valence-corrected chi connectivity index (χ1v) is 7.06. The van der Waals surface area contributed by atoms with Gasteiger partial charge in [0.05, 0.1) is 5.52 Å². The van der Waals surface area contributed by atoms with Crippen LogP contribution in [0, 0.1) is 0 Å². The van der Waals surface area contributed by atoms with Gasteiger partial charge in [0.25, 0.3) is 11.5 Å². The molecule has 0 saturated carbocycles. The largest absolute Gasteiger partial charge is 0.348 e. The van der Waals surface area contributed by atoms with Crippen LogP contribution in [0.25, 0.3) is 10.9 Å². The Balaban J connectivity index is 1.75. The molecule has 4 rings (SSSR count). The molecule has 1 aromatic carbocycles. The summed E-state index contributed by atoms with van der Waals surface area (Å²) >= 11 is 0. The first-order valence-electron chi connectivity index (χ1n) is 7.06. The Morgan fingerprint density at radius 3 is 2.95 bits per heavy atom. The minimum absolute atomic E-state index is 0.0477. The van der Waals surface area contributed by atoms with E-state index in [1.807, 2.05) is 24.3 Å². The van der Waals surface area contributed by atoms with Crippen LogP contribution in [0.15, 0.2) is 47.5 Å². The minimum atomic E-state index is -0.108. The van der Waals surface area contributed by atoms with Gasteiger partial charge >= 0.3 is 0 Å². The lowest BCUT2D eigenvalue weighted by Gasteiger charge is -2.05. The zero-order valence-electron chi connectivity index (χ0n) is 11.7. The Labute approximate surface area is 126 Å². The van der Waals surface area contributed by atoms with Gasteiger partial charge in [0.15, 0.2) is 0 Å². The van der Waals surface area contributed by atoms with Gasteiger partial charge in [0, 0.05) is 41.9 Å². The number of hydrogen-bond donors (Lipinski definition) is 2. The predicted molar refractivity (Wildman–Crippen MR) is 82.8 cm³/mol. The van der Waals surface area contributed by atoms with Crippen molar-refractivity contribution in [1.29, 1.82) is 0 Å². The Morgan fingerprint density at radius 2 is 2.05 bits per heavy atom. The maximum atomic E-state index is 12.2. The average Bonchev–Trinajstić information content (AvgIpc) is 2.89. The monoisotopic (exact) mass is 291 g/mol. The molecule has 22 heavy (non-hydrogen) atoms. The molecule has 5 nitrogen and oxygen atoms in total. The SMILES string of the molecule is O=C1NCc2ccc(Cc3cc4cnccc4[nH]c3=O)cc21. The van der Waals surface area contributed by atoms with Gasteiger partial charge in [-0.15, -0.1) is 0 Å². The van der Waals surface area contributed by atoms with Crippen LogP contribution in [-0.4, -0.2) is 15.9 Å². The molecule has 3 aromatic rings. The van der Waals surface area contributed by atoms with E-state index >= 15 is 0 Å². The van der Waals surface area contributed by atoms with Gasteiger partial charge in [-0.05, 0) is 29.3 Å². The molecule has 0 spiro atoms. The molecule has 0 atom stereocenters. The molecular weight excluding hydrogens is 278 g/mol. The fourth-order valence-electron chi connectivity index (χ4n) is 2.81. The fourth-order valence-corrected chi connectivity index (χ4v) is 2.81. The molecule has 0 unspecified atom stereocenters. The second-order valence-electron chi connectivity index (χ2n) is 5.44. The third-order valence-electron chi connectivity index (χ3n) is 3.97. The molecule has 1 amide bonds. The molecule has 0 bridgehead atoms. The highest BCUT2D eigenvalue weighted by molar-refractivity contribution is 5.98. The minimum Gasteiger partial charge on any atom is -0.348 e. The summed E-state index contributed by atoms with van der Waals surface area (Å²) in [5, 5.41) is 3.70. The Kier molecular flexibility index (Phi) is 2.79. The van der Waals surface area contributed by atoms with Gasteiger partial charge in [-0.1, -0.05) is 12.1 Å². The second-order valence-corrected chi connectivity index (χ2v) is 5.44. The summed E-state index contributed by atoms with van der Waals surface area (Å²) in [7, 11) is 0. The zero-order chi connectivity index (χ0) is 15.1. The number of H-pyrrole nitrogens is 1. The third-order valence-corrected chi connectivity index (χ3v) is 3.97. The second kappa shape index (κ2) is 4.80. The molecular formula is C17H13N3O2. The average molecular weight is 291 g/mol. The van der Waals surface area contributed by atoms with Crippen LogP contribution in [0.2, 0.25) is 0 Å². The van der Waals surface area contributed by atoms with Gasteiger partial charge < -0.3 is 10.3 Å². The summed E-state index contributed by atoms with van der Waals surface area (Å²) in [6.07, 6.45) is 3.86. The molecule has 108 valence electrons. The van der Waals surface area contributed by atoms with Crippen molar-refractivity contribution < 1.29 is 4.79 Å². The summed E-state index contributed by atoms with van der Waals surface area (Å²) in [4.78, 5) is 30.8. The summed E-state index contributed by atoms with van der Waals surface area (Å²) in [5.41, 5.74) is 3.99. The molecule has 1 aliphatic heterocycles. The molecule has 0 fully saturated rings. The lowest BCUT2D eigenvalue weighted by molar-refractivity contribution is 0.0965. The van der Waals surface area contributed by atoms with E-state index in [2.05, 4.69) is 15.3 Å². The molecule has 3 heterocycles. The number of carbonyl (C=O) groups is 1. The van der Waals surface area contributed by atoms with Crippen molar-refractivity contribution in [3.05, 3.63) is 75.3 Å². The first kappa shape index (κ1) is 12.8. The number of amides is 1. The third kappa shape index (κ3) is 2.07. The van der Waals surface area contributed by atoms with Crippen LogP contribution in [0.3, 0.4) is 0 Å². The van der Waals surface area contributed by atoms with Crippen LogP contribution in [0.1, 0.15) is 27.0 Å². The van der Waals surface area contributed by atoms with E-state index in [0.717, 1.165) is 22.0 Å². The molecule has 5 heteroatoms. The lowest BCUT2D eigenvalue weighted by Crippen LogP contribution is -2.13. The van der Waals surface area contributed by atoms with Crippen molar-refractivity contribution in [3.63, 3.8) is 0 Å². The fraction of sp³-hybridized carbons (Fsp3) is 0.118. The number of pyridine rings is 2. The smallest absolute Gasteiger partial charge is 0.251 e. The zero-order valence-corrected chi connectivity index (χ0v) is 11.7. The van der Waals surface area contributed by atoms with E-state index < -0.39 is 0 Å². The molecule has 0 saturated heterocycles. The summed E-state index contributed by atoms with van der Waals surface area (Å²) in [6.45, 7) is 0.580. The van der Waals surface area contributed by atoms with Crippen molar-refractivity contribution in [1.82, 2.24) is 15.3 Å². The molecule has 0 radical (unpaired) electrons. The highest BCUT2D eigenvalue weighted by atomic mass is 16.2. The molecule has 2 N–H and O–H groups in total. The normalized spacial score (nSPS) is 13.2. The van der Waals surface area contributed by atoms with Crippen molar-refractivity contribution >= 4 is 16.8 Å². The van der Waals surface area contributed by atoms with Crippen LogP contribution in [-0.2, 0) is 13.0 Å². The summed E-state index contributed by atoms with van der Waals surface area (Å²) in [6, 6.07) is 9.41. The Morgan fingerprint density at radius 1 is 1.14 bits per heavy atom. The van der Waals surface area contributed by atoms with E-state index in [4.69, 9.17) is 0 Å². The van der Waals surface area contributed by atoms with Gasteiger partial charge in [0.1, 0.15) is 0 Å². The number of aromatic nitrogens is 2.